The molecule has 0 bridgehead atoms. The minimum Gasteiger partial charge on any atom is -0.383 e. The number of benzene rings is 1. The average molecular weight is 341 g/mol. The van der Waals surface area contributed by atoms with Crippen LogP contribution < -0.4 is 10.5 Å². The molecule has 0 aliphatic heterocycles. The quantitative estimate of drug-likeness (QED) is 0.798. The lowest BCUT2D eigenvalue weighted by atomic mass is 10.2. The van der Waals surface area contributed by atoms with Crippen molar-refractivity contribution in [2.24, 2.45) is 0 Å². The third kappa shape index (κ3) is 3.05. The number of sulfonamides is 1. The number of nitrogens with one attached hydrogen (secondary N) is 2. The Labute approximate surface area is 122 Å². The highest BCUT2D eigenvalue weighted by Gasteiger charge is 2.36. The molecule has 2 aromatic rings. The van der Waals surface area contributed by atoms with Crippen LogP contribution >= 0.6 is 11.6 Å². The lowest BCUT2D eigenvalue weighted by Crippen LogP contribution is -2.18. The summed E-state index contributed by atoms with van der Waals surface area (Å²) in [6.07, 6.45) is -3.90. The van der Waals surface area contributed by atoms with Gasteiger partial charge in [0.25, 0.3) is 10.0 Å². The number of hydrogen-bond acceptors (Lipinski definition) is 4. The molecule has 114 valence electrons. The molecule has 0 aliphatic rings. The Hall–Kier alpha value is -1.94. The second kappa shape index (κ2) is 5.11. The largest absolute Gasteiger partial charge is 0.418 e. The Kier molecular flexibility index (Phi) is 3.76. The van der Waals surface area contributed by atoms with E-state index in [0.29, 0.717) is 6.07 Å². The Bertz CT molecular complexity index is 773. The summed E-state index contributed by atoms with van der Waals surface area (Å²) in [4.78, 5) is -0.476. The van der Waals surface area contributed by atoms with Crippen LogP contribution in [0.2, 0.25) is 5.02 Å². The lowest BCUT2D eigenvalue weighted by molar-refractivity contribution is -0.136. The fourth-order valence-corrected chi connectivity index (χ4v) is 2.96. The molecule has 1 aromatic carbocycles. The van der Waals surface area contributed by atoms with Crippen molar-refractivity contribution in [3.63, 3.8) is 0 Å². The molecule has 6 nitrogen and oxygen atoms in total. The van der Waals surface area contributed by atoms with E-state index in [9.17, 15) is 21.6 Å². The summed E-state index contributed by atoms with van der Waals surface area (Å²) >= 11 is 5.66. The second-order valence-electron chi connectivity index (χ2n) is 3.91. The number of hydrogen-bond donors (Lipinski definition) is 3. The number of nitrogen functional groups attached to an aromatic ring is 1. The number of rotatable bonds is 3. The standard InChI is InChI=1S/C10H8ClF3N4O2S/c11-6-3-1-2-5(10(12,13)14)8(6)18-21(19,20)7-4-16-17-9(7)15/h1-4,18H,(H3,15,16,17). The van der Waals surface area contributed by atoms with Crippen molar-refractivity contribution >= 4 is 33.1 Å². The van der Waals surface area contributed by atoms with E-state index in [0.717, 1.165) is 18.3 Å². The fourth-order valence-electron chi connectivity index (χ4n) is 1.55. The van der Waals surface area contributed by atoms with Crippen molar-refractivity contribution in [1.82, 2.24) is 10.2 Å². The molecule has 0 saturated carbocycles. The first kappa shape index (κ1) is 15.4. The maximum Gasteiger partial charge on any atom is 0.418 e. The van der Waals surface area contributed by atoms with Crippen LogP contribution in [0, 0.1) is 0 Å². The van der Waals surface area contributed by atoms with Gasteiger partial charge in [-0.3, -0.25) is 9.82 Å². The van der Waals surface area contributed by atoms with Crippen LogP contribution in [0.3, 0.4) is 0 Å². The first-order chi connectivity index (χ1) is 9.63. The molecule has 2 rings (SSSR count). The van der Waals surface area contributed by atoms with E-state index in [-0.39, 0.29) is 5.82 Å². The maximum atomic E-state index is 12.9. The number of aromatic amines is 1. The fraction of sp³-hybridized carbons (Fsp3) is 0.100. The highest BCUT2D eigenvalue weighted by molar-refractivity contribution is 7.92. The summed E-state index contributed by atoms with van der Waals surface area (Å²) in [5.41, 5.74) is 3.37. The molecule has 0 fully saturated rings. The zero-order valence-corrected chi connectivity index (χ0v) is 11.6. The van der Waals surface area contributed by atoms with E-state index < -0.39 is 37.4 Å². The first-order valence-corrected chi connectivity index (χ1v) is 7.16. The van der Waals surface area contributed by atoms with Crippen LogP contribution in [-0.2, 0) is 16.2 Å². The topological polar surface area (TPSA) is 101 Å². The van der Waals surface area contributed by atoms with Gasteiger partial charge in [0.05, 0.1) is 22.5 Å². The molecule has 0 spiro atoms. The monoisotopic (exact) mass is 340 g/mol. The molecular formula is C10H8ClF3N4O2S. The molecule has 0 aliphatic carbocycles. The number of halogens is 4. The van der Waals surface area contributed by atoms with Gasteiger partial charge in [-0.2, -0.15) is 18.3 Å². The van der Waals surface area contributed by atoms with Crippen LogP contribution in [0.25, 0.3) is 0 Å². The lowest BCUT2D eigenvalue weighted by Gasteiger charge is -2.15. The van der Waals surface area contributed by atoms with Crippen molar-refractivity contribution < 1.29 is 21.6 Å². The molecule has 1 heterocycles. The van der Waals surface area contributed by atoms with Gasteiger partial charge in [-0.25, -0.2) is 8.42 Å². The number of alkyl halides is 3. The third-order valence-electron chi connectivity index (χ3n) is 2.48. The Morgan fingerprint density at radius 3 is 2.52 bits per heavy atom. The predicted octanol–water partition coefficient (Wildman–Crippen LogP) is 2.46. The predicted molar refractivity (Wildman–Crippen MR) is 70.3 cm³/mol. The minimum absolute atomic E-state index is 0.303. The third-order valence-corrected chi connectivity index (χ3v) is 4.17. The summed E-state index contributed by atoms with van der Waals surface area (Å²) in [6.45, 7) is 0. The maximum absolute atomic E-state index is 12.9. The highest BCUT2D eigenvalue weighted by Crippen LogP contribution is 2.39. The van der Waals surface area contributed by atoms with Gasteiger partial charge >= 0.3 is 6.18 Å². The number of anilines is 2. The van der Waals surface area contributed by atoms with E-state index in [1.807, 2.05) is 0 Å². The summed E-state index contributed by atoms with van der Waals surface area (Å²) < 4.78 is 64.5. The van der Waals surface area contributed by atoms with Crippen molar-refractivity contribution in [2.45, 2.75) is 11.1 Å². The number of H-pyrrole nitrogens is 1. The minimum atomic E-state index is -4.77. The number of nitrogens with zero attached hydrogens (tertiary/aromatic N) is 1. The van der Waals surface area contributed by atoms with Crippen molar-refractivity contribution in [3.8, 4) is 0 Å². The zero-order valence-electron chi connectivity index (χ0n) is 10.1. The molecule has 0 amide bonds. The van der Waals surface area contributed by atoms with Crippen molar-refractivity contribution in [1.29, 1.82) is 0 Å². The van der Waals surface area contributed by atoms with E-state index >= 15 is 0 Å². The Morgan fingerprint density at radius 2 is 2.00 bits per heavy atom. The van der Waals surface area contributed by atoms with Crippen LogP contribution in [0.1, 0.15) is 5.56 Å². The van der Waals surface area contributed by atoms with E-state index in [1.165, 1.54) is 0 Å². The van der Waals surface area contributed by atoms with Crippen LogP contribution in [0.5, 0.6) is 0 Å². The van der Waals surface area contributed by atoms with Gasteiger partial charge in [-0.15, -0.1) is 0 Å². The molecule has 0 atom stereocenters. The molecule has 11 heteroatoms. The first-order valence-electron chi connectivity index (χ1n) is 5.30. The Morgan fingerprint density at radius 1 is 1.33 bits per heavy atom. The van der Waals surface area contributed by atoms with Crippen molar-refractivity contribution in [3.05, 3.63) is 35.0 Å². The smallest absolute Gasteiger partial charge is 0.383 e. The van der Waals surface area contributed by atoms with E-state index in [1.54, 1.807) is 4.72 Å². The van der Waals surface area contributed by atoms with Gasteiger partial charge in [0.15, 0.2) is 0 Å². The summed E-state index contributed by atoms with van der Waals surface area (Å²) in [5.74, 6) is -0.303. The van der Waals surface area contributed by atoms with E-state index in [4.69, 9.17) is 17.3 Å². The molecule has 1 aromatic heterocycles. The number of para-hydroxylation sites is 1. The summed E-state index contributed by atoms with van der Waals surface area (Å²) in [7, 11) is -4.36. The van der Waals surface area contributed by atoms with Crippen LogP contribution in [-0.4, -0.2) is 18.6 Å². The van der Waals surface area contributed by atoms with Crippen LogP contribution in [0.15, 0.2) is 29.3 Å². The average Bonchev–Trinajstić information content (AvgIpc) is 2.77. The zero-order chi connectivity index (χ0) is 15.8. The molecule has 21 heavy (non-hydrogen) atoms. The highest BCUT2D eigenvalue weighted by atomic mass is 35.5. The van der Waals surface area contributed by atoms with Gasteiger partial charge < -0.3 is 5.73 Å². The van der Waals surface area contributed by atoms with Gasteiger partial charge in [-0.1, -0.05) is 17.7 Å². The van der Waals surface area contributed by atoms with Crippen molar-refractivity contribution in [2.75, 3.05) is 10.5 Å². The molecule has 0 unspecified atom stereocenters. The molecule has 0 radical (unpaired) electrons. The normalized spacial score (nSPS) is 12.4. The van der Waals surface area contributed by atoms with Gasteiger partial charge in [0.1, 0.15) is 10.7 Å². The van der Waals surface area contributed by atoms with Gasteiger partial charge in [0, 0.05) is 0 Å². The molecular weight excluding hydrogens is 333 g/mol. The van der Waals surface area contributed by atoms with Gasteiger partial charge in [0.2, 0.25) is 0 Å². The second-order valence-corrected chi connectivity index (χ2v) is 5.97. The number of aromatic nitrogens is 2. The Balaban J connectivity index is 2.52. The summed E-state index contributed by atoms with van der Waals surface area (Å²) in [5, 5.41) is 5.18. The van der Waals surface area contributed by atoms with E-state index in [2.05, 4.69) is 10.2 Å². The summed E-state index contributed by atoms with van der Waals surface area (Å²) in [6, 6.07) is 2.91. The molecule has 4 N–H and O–H groups in total. The number of nitrogens with two attached hydrogens (primary N) is 1. The SMILES string of the molecule is Nc1[nH]ncc1S(=O)(=O)Nc1c(Cl)cccc1C(F)(F)F. The van der Waals surface area contributed by atoms with Crippen LogP contribution in [0.4, 0.5) is 24.7 Å². The van der Waals surface area contributed by atoms with Gasteiger partial charge in [-0.05, 0) is 12.1 Å². The molecule has 0 saturated heterocycles.